The van der Waals surface area contributed by atoms with Crippen LogP contribution in [0, 0.1) is 20.8 Å². The van der Waals surface area contributed by atoms with E-state index in [1.807, 2.05) is 0 Å². The van der Waals surface area contributed by atoms with Gasteiger partial charge in [-0.3, -0.25) is 0 Å². The number of rotatable bonds is 10. The van der Waals surface area contributed by atoms with Crippen molar-refractivity contribution in [3.63, 3.8) is 0 Å². The number of benzene rings is 11. The Kier molecular flexibility index (Phi) is 11.3. The van der Waals surface area contributed by atoms with E-state index in [0.29, 0.717) is 0 Å². The van der Waals surface area contributed by atoms with Gasteiger partial charge in [0.15, 0.2) is 0 Å². The summed E-state index contributed by atoms with van der Waals surface area (Å²) in [6, 6.07) is 91.5. The van der Waals surface area contributed by atoms with E-state index < -0.39 is 0 Å². The summed E-state index contributed by atoms with van der Waals surface area (Å²) in [4.78, 5) is 2.42. The zero-order valence-electron chi connectivity index (χ0n) is 43.1. The van der Waals surface area contributed by atoms with E-state index in [9.17, 15) is 0 Å². The quantitative estimate of drug-likeness (QED) is 0.127. The number of hydrogen-bond donors (Lipinski definition) is 0. The Bertz CT molecular complexity index is 4050. The smallest absolute Gasteiger partial charge is 0.143 e. The van der Waals surface area contributed by atoms with Crippen molar-refractivity contribution in [2.24, 2.45) is 0 Å². The molecule has 0 N–H and O–H groups in total. The molecule has 0 radical (unpaired) electrons. The van der Waals surface area contributed by atoms with Gasteiger partial charge < -0.3 is 9.32 Å². The number of hydrogen-bond acceptors (Lipinski definition) is 2. The summed E-state index contributed by atoms with van der Waals surface area (Å²) in [5.41, 5.74) is 27.1. The molecule has 360 valence electrons. The second-order valence-electron chi connectivity index (χ2n) is 20.9. The molecule has 0 amide bonds. The molecule has 12 aromatic rings. The van der Waals surface area contributed by atoms with Crippen LogP contribution in [0.2, 0.25) is 0 Å². The van der Waals surface area contributed by atoms with E-state index in [4.69, 9.17) is 4.42 Å². The van der Waals surface area contributed by atoms with Crippen LogP contribution in [-0.4, -0.2) is 0 Å². The molecule has 0 spiro atoms. The molecule has 0 fully saturated rings. The van der Waals surface area contributed by atoms with E-state index in [2.05, 4.69) is 288 Å². The molecule has 75 heavy (non-hydrogen) atoms. The van der Waals surface area contributed by atoms with Crippen molar-refractivity contribution in [1.29, 1.82) is 0 Å². The second kappa shape index (κ2) is 18.5. The average Bonchev–Trinajstić information content (AvgIpc) is 3.96. The number of furan rings is 1. The second-order valence-corrected chi connectivity index (χ2v) is 20.9. The molecule has 1 heterocycles. The minimum Gasteiger partial charge on any atom is -0.455 e. The molecule has 0 saturated carbocycles. The third-order valence-corrected chi connectivity index (χ3v) is 16.1. The van der Waals surface area contributed by atoms with Gasteiger partial charge >= 0.3 is 0 Å². The van der Waals surface area contributed by atoms with Gasteiger partial charge in [-0.05, 0) is 158 Å². The van der Waals surface area contributed by atoms with Gasteiger partial charge in [0.2, 0.25) is 0 Å². The highest BCUT2D eigenvalue weighted by Gasteiger charge is 2.36. The van der Waals surface area contributed by atoms with Crippen molar-refractivity contribution in [3.8, 4) is 55.6 Å². The van der Waals surface area contributed by atoms with Gasteiger partial charge in [-0.2, -0.15) is 0 Å². The van der Waals surface area contributed by atoms with Crippen molar-refractivity contribution >= 4 is 39.0 Å². The monoisotopic (exact) mass is 963 g/mol. The van der Waals surface area contributed by atoms with E-state index >= 15 is 0 Å². The van der Waals surface area contributed by atoms with Crippen LogP contribution in [0.5, 0.6) is 0 Å². The van der Waals surface area contributed by atoms with Gasteiger partial charge in [0.1, 0.15) is 11.2 Å². The van der Waals surface area contributed by atoms with Crippen molar-refractivity contribution < 1.29 is 4.42 Å². The lowest BCUT2D eigenvalue weighted by Gasteiger charge is -2.28. The number of aryl methyl sites for hydroxylation is 3. The highest BCUT2D eigenvalue weighted by Crippen LogP contribution is 2.52. The van der Waals surface area contributed by atoms with Gasteiger partial charge in [0, 0.05) is 44.7 Å². The number of anilines is 3. The SMILES string of the molecule is Cc1ccccc1-c1ccccc1C(c1ccccc1-c1ccccc1C)c1ccc(-c2ccc(N(c3cccc(-c4ccccc4)c3)c3ccc4c(c3)C(C)(C)c3ccccc3-4)cc2)c2oc3cccc(C)c3c12. The normalized spacial score (nSPS) is 12.6. The Hall–Kier alpha value is -8.98. The van der Waals surface area contributed by atoms with Crippen LogP contribution < -0.4 is 4.90 Å². The topological polar surface area (TPSA) is 16.4 Å². The third-order valence-electron chi connectivity index (χ3n) is 16.1. The highest BCUT2D eigenvalue weighted by atomic mass is 16.3. The van der Waals surface area contributed by atoms with E-state index in [1.165, 1.54) is 89.0 Å². The summed E-state index contributed by atoms with van der Waals surface area (Å²) >= 11 is 0. The maximum atomic E-state index is 7.20. The molecule has 1 aliphatic rings. The predicted molar refractivity (Wildman–Crippen MR) is 316 cm³/mol. The summed E-state index contributed by atoms with van der Waals surface area (Å²) < 4.78 is 7.20. The minimum atomic E-state index is -0.152. The van der Waals surface area contributed by atoms with Gasteiger partial charge in [0.05, 0.1) is 0 Å². The number of fused-ring (bicyclic) bond motifs is 6. The molecule has 2 nitrogen and oxygen atoms in total. The van der Waals surface area contributed by atoms with Crippen LogP contribution in [0.4, 0.5) is 17.1 Å². The Morgan fingerprint density at radius 2 is 0.853 bits per heavy atom. The van der Waals surface area contributed by atoms with Crippen molar-refractivity contribution in [1.82, 2.24) is 0 Å². The number of nitrogens with zero attached hydrogens (tertiary/aromatic N) is 1. The summed E-state index contributed by atoms with van der Waals surface area (Å²) in [6.07, 6.45) is 0. The van der Waals surface area contributed by atoms with Crippen molar-refractivity contribution in [2.75, 3.05) is 4.90 Å². The molecule has 13 rings (SSSR count). The third kappa shape index (κ3) is 7.79. The maximum absolute atomic E-state index is 7.20. The predicted octanol–water partition coefficient (Wildman–Crippen LogP) is 20.1. The molecule has 1 aliphatic carbocycles. The molecule has 0 unspecified atom stereocenters. The minimum absolute atomic E-state index is 0.143. The van der Waals surface area contributed by atoms with Gasteiger partial charge in [0.25, 0.3) is 0 Å². The van der Waals surface area contributed by atoms with E-state index in [0.717, 1.165) is 50.1 Å². The molecule has 1 aromatic heterocycles. The van der Waals surface area contributed by atoms with Crippen LogP contribution in [-0.2, 0) is 5.41 Å². The van der Waals surface area contributed by atoms with Crippen LogP contribution in [0.25, 0.3) is 77.6 Å². The molecular formula is C73H57NO. The summed E-state index contributed by atoms with van der Waals surface area (Å²) in [7, 11) is 0. The fourth-order valence-electron chi connectivity index (χ4n) is 12.4. The zero-order valence-corrected chi connectivity index (χ0v) is 43.1. The van der Waals surface area contributed by atoms with Crippen LogP contribution in [0.1, 0.15) is 64.3 Å². The lowest BCUT2D eigenvalue weighted by Crippen LogP contribution is -2.16. The summed E-state index contributed by atoms with van der Waals surface area (Å²) in [6.45, 7) is 11.4. The Balaban J connectivity index is 1.00. The molecule has 0 atom stereocenters. The van der Waals surface area contributed by atoms with E-state index in [1.54, 1.807) is 0 Å². The van der Waals surface area contributed by atoms with Crippen LogP contribution in [0.15, 0.2) is 253 Å². The molecule has 0 saturated heterocycles. The first-order valence-electron chi connectivity index (χ1n) is 26.3. The fraction of sp³-hybridized carbons (Fsp3) is 0.0959. The first-order valence-corrected chi connectivity index (χ1v) is 26.3. The zero-order chi connectivity index (χ0) is 50.8. The first kappa shape index (κ1) is 45.9. The molecular weight excluding hydrogens is 907 g/mol. The Morgan fingerprint density at radius 1 is 0.333 bits per heavy atom. The highest BCUT2D eigenvalue weighted by molar-refractivity contribution is 6.13. The lowest BCUT2D eigenvalue weighted by molar-refractivity contribution is 0.660. The molecule has 2 heteroatoms. The van der Waals surface area contributed by atoms with Gasteiger partial charge in [-0.25, -0.2) is 0 Å². The van der Waals surface area contributed by atoms with E-state index in [-0.39, 0.29) is 11.3 Å². The summed E-state index contributed by atoms with van der Waals surface area (Å²) in [5.74, 6) is -0.152. The van der Waals surface area contributed by atoms with Crippen molar-refractivity contribution in [2.45, 2.75) is 46.0 Å². The summed E-state index contributed by atoms with van der Waals surface area (Å²) in [5, 5.41) is 2.30. The maximum Gasteiger partial charge on any atom is 0.143 e. The average molecular weight is 964 g/mol. The Morgan fingerprint density at radius 3 is 1.53 bits per heavy atom. The molecule has 0 bridgehead atoms. The standard InChI is InChI=1S/C73H57NO/c1-47-21-9-11-28-56(47)59-30-13-15-33-63(59)70(64-34-16-14-31-60(64)57-29-12-10-22-48(57)2)65-44-43-58(72-71(65)69-49(3)23-19-36-68(69)75-72)51-37-39-53(40-38-51)74(54-27-20-26-52(45-54)50-24-7-6-8-25-50)55-41-42-62-61-32-17-18-35-66(61)73(4,5)67(62)46-55/h6-46,70H,1-5H3. The largest absolute Gasteiger partial charge is 0.455 e. The Labute approximate surface area is 440 Å². The van der Waals surface area contributed by atoms with Crippen LogP contribution >= 0.6 is 0 Å². The lowest BCUT2D eigenvalue weighted by atomic mass is 9.76. The first-order chi connectivity index (χ1) is 36.7. The fourth-order valence-corrected chi connectivity index (χ4v) is 12.4. The van der Waals surface area contributed by atoms with Crippen LogP contribution in [0.3, 0.4) is 0 Å². The van der Waals surface area contributed by atoms with Gasteiger partial charge in [-0.1, -0.05) is 220 Å². The molecule has 0 aliphatic heterocycles. The van der Waals surface area contributed by atoms with Crippen molar-refractivity contribution in [3.05, 3.63) is 293 Å². The van der Waals surface area contributed by atoms with Gasteiger partial charge in [-0.15, -0.1) is 0 Å². The molecule has 11 aromatic carbocycles.